The van der Waals surface area contributed by atoms with Crippen LogP contribution in [0.25, 0.3) is 11.2 Å². The molecule has 0 saturated heterocycles. The SMILES string of the molecule is Cn1c(=O)c2c(ncn2CC(=O)NCC2(O)CCc3ccccc3C2)n(C)c1=O. The predicted molar refractivity (Wildman–Crippen MR) is 107 cm³/mol. The second-order valence-electron chi connectivity index (χ2n) is 7.70. The van der Waals surface area contributed by atoms with Crippen LogP contribution in [-0.2, 0) is 38.3 Å². The Kier molecular flexibility index (Phi) is 4.62. The fourth-order valence-corrected chi connectivity index (χ4v) is 3.93. The van der Waals surface area contributed by atoms with Gasteiger partial charge in [0.25, 0.3) is 5.56 Å². The first kappa shape index (κ1) is 19.1. The van der Waals surface area contributed by atoms with Crippen molar-refractivity contribution in [1.29, 1.82) is 0 Å². The van der Waals surface area contributed by atoms with Gasteiger partial charge < -0.3 is 15.0 Å². The molecule has 0 spiro atoms. The Morgan fingerprint density at radius 3 is 2.69 bits per heavy atom. The normalized spacial score (nSPS) is 18.6. The van der Waals surface area contributed by atoms with Crippen molar-refractivity contribution in [2.24, 2.45) is 14.1 Å². The lowest BCUT2D eigenvalue weighted by molar-refractivity contribution is -0.123. The molecule has 2 heterocycles. The fourth-order valence-electron chi connectivity index (χ4n) is 3.93. The summed E-state index contributed by atoms with van der Waals surface area (Å²) >= 11 is 0. The number of benzene rings is 1. The van der Waals surface area contributed by atoms with Gasteiger partial charge in [-0.1, -0.05) is 24.3 Å². The third kappa shape index (κ3) is 3.38. The molecular formula is C20H23N5O4. The molecule has 0 bridgehead atoms. The van der Waals surface area contributed by atoms with Crippen molar-refractivity contribution in [2.45, 2.75) is 31.4 Å². The van der Waals surface area contributed by atoms with Gasteiger partial charge in [-0.3, -0.25) is 18.7 Å². The highest BCUT2D eigenvalue weighted by Gasteiger charge is 2.32. The van der Waals surface area contributed by atoms with Crippen LogP contribution in [0.2, 0.25) is 0 Å². The average Bonchev–Trinajstić information content (AvgIpc) is 3.13. The monoisotopic (exact) mass is 397 g/mol. The standard InChI is InChI=1S/C20H23N5O4/c1-23-17-16(18(27)24(2)19(23)28)25(12-22-17)10-15(26)21-11-20(29)8-7-13-5-3-4-6-14(13)9-20/h3-6,12,29H,7-11H2,1-2H3,(H,21,26). The first-order valence-electron chi connectivity index (χ1n) is 9.46. The number of carbonyl (C=O) groups excluding carboxylic acids is 1. The van der Waals surface area contributed by atoms with E-state index in [-0.39, 0.29) is 30.2 Å². The third-order valence-corrected chi connectivity index (χ3v) is 5.64. The highest BCUT2D eigenvalue weighted by atomic mass is 16.3. The summed E-state index contributed by atoms with van der Waals surface area (Å²) < 4.78 is 3.68. The van der Waals surface area contributed by atoms with E-state index >= 15 is 0 Å². The lowest BCUT2D eigenvalue weighted by Gasteiger charge is -2.33. The van der Waals surface area contributed by atoms with Crippen molar-refractivity contribution >= 4 is 17.1 Å². The minimum absolute atomic E-state index is 0.128. The smallest absolute Gasteiger partial charge is 0.332 e. The van der Waals surface area contributed by atoms with E-state index in [0.29, 0.717) is 12.8 Å². The number of aliphatic hydroxyl groups is 1. The molecule has 2 N–H and O–H groups in total. The molecule has 4 rings (SSSR count). The van der Waals surface area contributed by atoms with Gasteiger partial charge in [0.2, 0.25) is 5.91 Å². The van der Waals surface area contributed by atoms with Crippen LogP contribution in [0.4, 0.5) is 0 Å². The van der Waals surface area contributed by atoms with Crippen LogP contribution in [0.15, 0.2) is 40.2 Å². The van der Waals surface area contributed by atoms with Crippen molar-refractivity contribution in [2.75, 3.05) is 6.54 Å². The number of hydrogen-bond donors (Lipinski definition) is 2. The molecule has 0 fully saturated rings. The Bertz CT molecular complexity index is 1220. The minimum Gasteiger partial charge on any atom is -0.388 e. The second kappa shape index (κ2) is 7.00. The van der Waals surface area contributed by atoms with E-state index in [4.69, 9.17) is 0 Å². The lowest BCUT2D eigenvalue weighted by atomic mass is 9.80. The Hall–Kier alpha value is -3.20. The highest BCUT2D eigenvalue weighted by Crippen LogP contribution is 2.28. The Morgan fingerprint density at radius 1 is 1.21 bits per heavy atom. The van der Waals surface area contributed by atoms with Gasteiger partial charge in [-0.05, 0) is 24.0 Å². The van der Waals surface area contributed by atoms with Gasteiger partial charge in [-0.15, -0.1) is 0 Å². The van der Waals surface area contributed by atoms with Crippen molar-refractivity contribution in [3.05, 3.63) is 62.6 Å². The third-order valence-electron chi connectivity index (χ3n) is 5.64. The number of hydrogen-bond acceptors (Lipinski definition) is 5. The quantitative estimate of drug-likeness (QED) is 0.615. The molecule has 9 nitrogen and oxygen atoms in total. The summed E-state index contributed by atoms with van der Waals surface area (Å²) in [7, 11) is 2.91. The number of fused-ring (bicyclic) bond motifs is 2. The number of nitrogens with zero attached hydrogens (tertiary/aromatic N) is 4. The topological polar surface area (TPSA) is 111 Å². The lowest BCUT2D eigenvalue weighted by Crippen LogP contribution is -2.47. The zero-order chi connectivity index (χ0) is 20.8. The van der Waals surface area contributed by atoms with Crippen LogP contribution in [-0.4, -0.2) is 41.8 Å². The van der Waals surface area contributed by atoms with E-state index in [0.717, 1.165) is 16.6 Å². The molecule has 1 unspecified atom stereocenters. The molecule has 1 aromatic carbocycles. The summed E-state index contributed by atoms with van der Waals surface area (Å²) in [5, 5.41) is 13.7. The van der Waals surface area contributed by atoms with Gasteiger partial charge in [0.1, 0.15) is 6.54 Å². The number of aryl methyl sites for hydroxylation is 2. The molecule has 1 amide bonds. The van der Waals surface area contributed by atoms with Crippen LogP contribution in [0, 0.1) is 0 Å². The highest BCUT2D eigenvalue weighted by molar-refractivity contribution is 5.78. The summed E-state index contributed by atoms with van der Waals surface area (Å²) in [4.78, 5) is 41.1. The Balaban J connectivity index is 1.49. The molecule has 0 saturated carbocycles. The zero-order valence-electron chi connectivity index (χ0n) is 16.4. The number of aromatic nitrogens is 4. The van der Waals surface area contributed by atoms with E-state index < -0.39 is 16.9 Å². The van der Waals surface area contributed by atoms with Crippen molar-refractivity contribution in [1.82, 2.24) is 24.0 Å². The Morgan fingerprint density at radius 2 is 1.93 bits per heavy atom. The van der Waals surface area contributed by atoms with Gasteiger partial charge in [0, 0.05) is 27.1 Å². The molecule has 29 heavy (non-hydrogen) atoms. The molecule has 3 aromatic rings. The number of nitrogens with one attached hydrogen (secondary N) is 1. The Labute approximate surface area is 166 Å². The maximum Gasteiger partial charge on any atom is 0.332 e. The van der Waals surface area contributed by atoms with Crippen molar-refractivity contribution in [3.63, 3.8) is 0 Å². The van der Waals surface area contributed by atoms with Gasteiger partial charge in [0.15, 0.2) is 11.2 Å². The van der Waals surface area contributed by atoms with Crippen LogP contribution >= 0.6 is 0 Å². The van der Waals surface area contributed by atoms with Gasteiger partial charge in [0.05, 0.1) is 11.9 Å². The zero-order valence-corrected chi connectivity index (χ0v) is 16.4. The largest absolute Gasteiger partial charge is 0.388 e. The minimum atomic E-state index is -0.999. The van der Waals surface area contributed by atoms with Gasteiger partial charge in [-0.25, -0.2) is 9.78 Å². The summed E-state index contributed by atoms with van der Waals surface area (Å²) in [5.74, 6) is -0.340. The maximum absolute atomic E-state index is 12.5. The molecule has 1 atom stereocenters. The van der Waals surface area contributed by atoms with Crippen molar-refractivity contribution in [3.8, 4) is 0 Å². The molecule has 1 aliphatic rings. The number of imidazole rings is 1. The molecular weight excluding hydrogens is 374 g/mol. The van der Waals surface area contributed by atoms with E-state index in [1.807, 2.05) is 18.2 Å². The molecule has 0 radical (unpaired) electrons. The molecule has 2 aromatic heterocycles. The molecule has 0 aliphatic heterocycles. The number of rotatable bonds is 4. The van der Waals surface area contributed by atoms with Crippen LogP contribution in [0.3, 0.4) is 0 Å². The van der Waals surface area contributed by atoms with E-state index in [1.54, 1.807) is 0 Å². The second-order valence-corrected chi connectivity index (χ2v) is 7.70. The van der Waals surface area contributed by atoms with Gasteiger partial charge >= 0.3 is 5.69 Å². The maximum atomic E-state index is 12.5. The average molecular weight is 397 g/mol. The van der Waals surface area contributed by atoms with Crippen LogP contribution in [0.5, 0.6) is 0 Å². The van der Waals surface area contributed by atoms with E-state index in [2.05, 4.69) is 16.4 Å². The fraction of sp³-hybridized carbons (Fsp3) is 0.400. The summed E-state index contributed by atoms with van der Waals surface area (Å²) in [5.41, 5.74) is 0.771. The summed E-state index contributed by atoms with van der Waals surface area (Å²) in [6.07, 6.45) is 3.19. The van der Waals surface area contributed by atoms with Crippen LogP contribution in [0.1, 0.15) is 17.5 Å². The molecule has 9 heteroatoms. The summed E-state index contributed by atoms with van der Waals surface area (Å²) in [6.45, 7) is -0.0000953. The van der Waals surface area contributed by atoms with Crippen LogP contribution < -0.4 is 16.6 Å². The van der Waals surface area contributed by atoms with Crippen molar-refractivity contribution < 1.29 is 9.90 Å². The first-order valence-corrected chi connectivity index (χ1v) is 9.46. The van der Waals surface area contributed by atoms with E-state index in [9.17, 15) is 19.5 Å². The first-order chi connectivity index (χ1) is 13.8. The number of carbonyl (C=O) groups is 1. The van der Waals surface area contributed by atoms with Gasteiger partial charge in [-0.2, -0.15) is 0 Å². The molecule has 152 valence electrons. The summed E-state index contributed by atoms with van der Waals surface area (Å²) in [6, 6.07) is 7.99. The number of amides is 1. The molecule has 1 aliphatic carbocycles. The van der Waals surface area contributed by atoms with E-state index in [1.165, 1.54) is 35.1 Å². The predicted octanol–water partition coefficient (Wildman–Crippen LogP) is -0.530.